The minimum absolute atomic E-state index is 0.0990. The predicted octanol–water partition coefficient (Wildman–Crippen LogP) is 4.49. The number of carbonyl (C=O) groups excluding carboxylic acids is 2. The van der Waals surface area contributed by atoms with Gasteiger partial charge in [-0.25, -0.2) is 4.79 Å². The van der Waals surface area contributed by atoms with Gasteiger partial charge >= 0.3 is 5.97 Å². The van der Waals surface area contributed by atoms with Gasteiger partial charge in [0, 0.05) is 25.8 Å². The fraction of sp³-hybridized carbons (Fsp3) is 0.130. The van der Waals surface area contributed by atoms with Crippen LogP contribution < -0.4 is 14.4 Å². The summed E-state index contributed by atoms with van der Waals surface area (Å²) in [5.74, 6) is 0.172. The summed E-state index contributed by atoms with van der Waals surface area (Å²) in [5, 5.41) is 0. The number of nitrogens with zero attached hydrogens (tertiary/aromatic N) is 1. The first-order valence-corrected chi connectivity index (χ1v) is 9.04. The van der Waals surface area contributed by atoms with E-state index in [9.17, 15) is 9.59 Å². The van der Waals surface area contributed by atoms with Crippen LogP contribution in [-0.4, -0.2) is 25.8 Å². The second-order valence-electron chi connectivity index (χ2n) is 6.91. The van der Waals surface area contributed by atoms with Crippen molar-refractivity contribution in [1.82, 2.24) is 0 Å². The summed E-state index contributed by atoms with van der Waals surface area (Å²) in [6, 6.07) is 14.1. The van der Waals surface area contributed by atoms with Gasteiger partial charge in [0.2, 0.25) is 11.5 Å². The van der Waals surface area contributed by atoms with Gasteiger partial charge in [-0.05, 0) is 54.5 Å². The Bertz CT molecular complexity index is 1110. The summed E-state index contributed by atoms with van der Waals surface area (Å²) in [5.41, 5.74) is 3.06. The second-order valence-corrected chi connectivity index (χ2v) is 6.91. The molecule has 0 saturated heterocycles. The maximum atomic E-state index is 12.8. The number of rotatable bonds is 4. The molecule has 0 atom stereocenters. The third-order valence-electron chi connectivity index (χ3n) is 4.58. The average Bonchev–Trinajstić information content (AvgIpc) is 3.31. The molecule has 0 spiro atoms. The van der Waals surface area contributed by atoms with E-state index in [-0.39, 0.29) is 23.1 Å². The average molecular weight is 389 g/mol. The number of ether oxygens (including phenoxy) is 2. The van der Waals surface area contributed by atoms with Crippen molar-refractivity contribution in [2.45, 2.75) is 6.92 Å². The normalized spacial score (nSPS) is 13.9. The molecule has 2 heterocycles. The van der Waals surface area contributed by atoms with Crippen LogP contribution in [0.3, 0.4) is 0 Å². The third kappa shape index (κ3) is 3.65. The zero-order chi connectivity index (χ0) is 20.5. The van der Waals surface area contributed by atoms with Crippen molar-refractivity contribution in [3.63, 3.8) is 0 Å². The predicted molar refractivity (Wildman–Crippen MR) is 109 cm³/mol. The molecule has 6 nitrogen and oxygen atoms in total. The molecule has 3 aromatic rings. The van der Waals surface area contributed by atoms with Crippen molar-refractivity contribution < 1.29 is 23.5 Å². The number of carbonyl (C=O) groups is 2. The fourth-order valence-corrected chi connectivity index (χ4v) is 3.11. The highest BCUT2D eigenvalue weighted by Gasteiger charge is 2.30. The van der Waals surface area contributed by atoms with Crippen LogP contribution in [-0.2, 0) is 0 Å². The molecule has 0 N–H and O–H groups in total. The molecule has 0 fully saturated rings. The molecular weight excluding hydrogens is 370 g/mol. The second kappa shape index (κ2) is 7.31. The number of ketones is 1. The SMILES string of the molecule is Cc1cc(OC(=O)c2ccco2)cc2c1C(=O)/C(=C/c1ccc(N(C)C)cc1)O2. The molecule has 0 unspecified atom stereocenters. The Kier molecular flexibility index (Phi) is 4.68. The highest BCUT2D eigenvalue weighted by Crippen LogP contribution is 2.37. The summed E-state index contributed by atoms with van der Waals surface area (Å²) >= 11 is 0. The van der Waals surface area contributed by atoms with Crippen molar-refractivity contribution >= 4 is 23.5 Å². The van der Waals surface area contributed by atoms with E-state index in [4.69, 9.17) is 13.9 Å². The molecule has 0 amide bonds. The quantitative estimate of drug-likeness (QED) is 0.372. The molecule has 1 aliphatic rings. The molecule has 146 valence electrons. The van der Waals surface area contributed by atoms with Crippen LogP contribution in [0.2, 0.25) is 0 Å². The lowest BCUT2D eigenvalue weighted by molar-refractivity contribution is 0.0701. The number of furan rings is 1. The van der Waals surface area contributed by atoms with Gasteiger partial charge < -0.3 is 18.8 Å². The fourth-order valence-electron chi connectivity index (χ4n) is 3.11. The molecule has 1 aromatic heterocycles. The van der Waals surface area contributed by atoms with Crippen molar-refractivity contribution in [1.29, 1.82) is 0 Å². The highest BCUT2D eigenvalue weighted by molar-refractivity contribution is 6.15. The van der Waals surface area contributed by atoms with E-state index in [0.717, 1.165) is 11.3 Å². The number of benzene rings is 2. The standard InChI is InChI=1S/C23H19NO5/c1-14-11-17(28-23(26)18-5-4-10-27-18)13-19-21(14)22(25)20(29-19)12-15-6-8-16(9-7-15)24(2)3/h4-13H,1-3H3/b20-12-. The topological polar surface area (TPSA) is 69.0 Å². The Balaban J connectivity index is 1.59. The van der Waals surface area contributed by atoms with E-state index in [0.29, 0.717) is 16.9 Å². The molecule has 0 saturated carbocycles. The van der Waals surface area contributed by atoms with Gasteiger partial charge in [-0.1, -0.05) is 12.1 Å². The van der Waals surface area contributed by atoms with E-state index in [1.54, 1.807) is 25.1 Å². The zero-order valence-electron chi connectivity index (χ0n) is 16.3. The minimum Gasteiger partial charge on any atom is -0.457 e. The summed E-state index contributed by atoms with van der Waals surface area (Å²) in [6.45, 7) is 1.78. The lowest BCUT2D eigenvalue weighted by Crippen LogP contribution is -2.08. The van der Waals surface area contributed by atoms with E-state index in [1.165, 1.54) is 18.4 Å². The van der Waals surface area contributed by atoms with E-state index < -0.39 is 5.97 Å². The Labute approximate surface area is 168 Å². The smallest absolute Gasteiger partial charge is 0.379 e. The maximum Gasteiger partial charge on any atom is 0.379 e. The highest BCUT2D eigenvalue weighted by atomic mass is 16.5. The summed E-state index contributed by atoms with van der Waals surface area (Å²) in [6.07, 6.45) is 3.10. The first-order valence-electron chi connectivity index (χ1n) is 9.04. The van der Waals surface area contributed by atoms with Crippen LogP contribution in [0.15, 0.2) is 65.0 Å². The maximum absolute atomic E-state index is 12.8. The molecule has 6 heteroatoms. The molecule has 0 bridgehead atoms. The van der Waals surface area contributed by atoms with Crippen molar-refractivity contribution in [3.05, 3.63) is 83.0 Å². The van der Waals surface area contributed by atoms with Crippen molar-refractivity contribution in [3.8, 4) is 11.5 Å². The Morgan fingerprint density at radius 2 is 1.86 bits per heavy atom. The first kappa shape index (κ1) is 18.6. The van der Waals surface area contributed by atoms with Crippen LogP contribution in [0, 0.1) is 6.92 Å². The first-order chi connectivity index (χ1) is 13.9. The Hall–Kier alpha value is -3.80. The summed E-state index contributed by atoms with van der Waals surface area (Å²) in [7, 11) is 3.93. The molecule has 29 heavy (non-hydrogen) atoms. The largest absolute Gasteiger partial charge is 0.457 e. The van der Waals surface area contributed by atoms with Gasteiger partial charge in [0.05, 0.1) is 11.8 Å². The zero-order valence-corrected chi connectivity index (χ0v) is 16.3. The van der Waals surface area contributed by atoms with E-state index in [1.807, 2.05) is 43.3 Å². The van der Waals surface area contributed by atoms with Gasteiger partial charge in [0.15, 0.2) is 5.76 Å². The van der Waals surface area contributed by atoms with Crippen LogP contribution in [0.25, 0.3) is 6.08 Å². The number of hydrogen-bond donors (Lipinski definition) is 0. The van der Waals surface area contributed by atoms with Gasteiger partial charge in [-0.3, -0.25) is 4.79 Å². The Morgan fingerprint density at radius 3 is 2.52 bits per heavy atom. The lowest BCUT2D eigenvalue weighted by Gasteiger charge is -2.11. The molecule has 4 rings (SSSR count). The molecular formula is C23H19NO5. The molecule has 0 radical (unpaired) electrons. The van der Waals surface area contributed by atoms with Crippen LogP contribution in [0.4, 0.5) is 5.69 Å². The number of hydrogen-bond acceptors (Lipinski definition) is 6. The minimum atomic E-state index is -0.615. The van der Waals surface area contributed by atoms with Crippen molar-refractivity contribution in [2.24, 2.45) is 0 Å². The van der Waals surface area contributed by atoms with Gasteiger partial charge in [0.25, 0.3) is 0 Å². The number of anilines is 1. The van der Waals surface area contributed by atoms with Crippen LogP contribution >= 0.6 is 0 Å². The number of Topliss-reactive ketones (excluding diaryl/α,β-unsaturated/α-hetero) is 1. The van der Waals surface area contributed by atoms with Crippen LogP contribution in [0.1, 0.15) is 32.0 Å². The van der Waals surface area contributed by atoms with Gasteiger partial charge in [-0.2, -0.15) is 0 Å². The van der Waals surface area contributed by atoms with E-state index >= 15 is 0 Å². The third-order valence-corrected chi connectivity index (χ3v) is 4.58. The molecule has 2 aromatic carbocycles. The number of fused-ring (bicyclic) bond motifs is 1. The van der Waals surface area contributed by atoms with E-state index in [2.05, 4.69) is 0 Å². The van der Waals surface area contributed by atoms with Crippen molar-refractivity contribution in [2.75, 3.05) is 19.0 Å². The van der Waals surface area contributed by atoms with Gasteiger partial charge in [0.1, 0.15) is 11.5 Å². The number of aryl methyl sites for hydroxylation is 1. The van der Waals surface area contributed by atoms with Gasteiger partial charge in [-0.15, -0.1) is 0 Å². The molecule has 1 aliphatic heterocycles. The number of esters is 1. The monoisotopic (exact) mass is 389 g/mol. The number of allylic oxidation sites excluding steroid dienone is 1. The Morgan fingerprint density at radius 1 is 1.10 bits per heavy atom. The molecule has 0 aliphatic carbocycles. The lowest BCUT2D eigenvalue weighted by atomic mass is 10.0. The van der Waals surface area contributed by atoms with Crippen LogP contribution in [0.5, 0.6) is 11.5 Å². The summed E-state index contributed by atoms with van der Waals surface area (Å²) < 4.78 is 16.2. The summed E-state index contributed by atoms with van der Waals surface area (Å²) in [4.78, 5) is 26.9.